The first-order valence-electron chi connectivity index (χ1n) is 1.92. The van der Waals surface area contributed by atoms with Crippen LogP contribution in [-0.2, 0) is 0 Å². The molecule has 0 spiro atoms. The van der Waals surface area contributed by atoms with Crippen molar-refractivity contribution >= 4 is 17.4 Å². The van der Waals surface area contributed by atoms with E-state index >= 15 is 0 Å². The van der Waals surface area contributed by atoms with Crippen LogP contribution in [0.1, 0.15) is 5.69 Å². The Labute approximate surface area is 50.0 Å². The second-order valence-electron chi connectivity index (χ2n) is 1.20. The molecule has 0 atom stereocenters. The largest absolute Gasteiger partial charge is 0.382 e. The summed E-state index contributed by atoms with van der Waals surface area (Å²) >= 11 is 1.19. The molecule has 0 unspecified atom stereocenters. The van der Waals surface area contributed by atoms with Gasteiger partial charge in [0.1, 0.15) is 11.5 Å². The van der Waals surface area contributed by atoms with Crippen LogP contribution in [-0.4, -0.2) is 15.4 Å². The van der Waals surface area contributed by atoms with E-state index < -0.39 is 0 Å². The number of hydrogen-bond acceptors (Lipinski definition) is 4. The molecule has 3 N–H and O–H groups in total. The van der Waals surface area contributed by atoms with E-state index in [1.807, 2.05) is 0 Å². The van der Waals surface area contributed by atoms with Gasteiger partial charge in [-0.3, -0.25) is 5.41 Å². The van der Waals surface area contributed by atoms with Gasteiger partial charge in [-0.1, -0.05) is 4.49 Å². The van der Waals surface area contributed by atoms with Gasteiger partial charge < -0.3 is 5.73 Å². The Morgan fingerprint density at radius 1 is 1.88 bits per heavy atom. The first kappa shape index (κ1) is 5.17. The normalized spacial score (nSPS) is 9.00. The third kappa shape index (κ3) is 0.812. The minimum absolute atomic E-state index is 0.0289. The minimum Gasteiger partial charge on any atom is -0.382 e. The Bertz CT molecular complexity index is 179. The second kappa shape index (κ2) is 1.87. The molecule has 0 fully saturated rings. The zero-order valence-electron chi connectivity index (χ0n) is 3.96. The van der Waals surface area contributed by atoms with Crippen LogP contribution in [0.25, 0.3) is 0 Å². The Kier molecular flexibility index (Phi) is 1.21. The van der Waals surface area contributed by atoms with Crippen LogP contribution in [0.3, 0.4) is 0 Å². The predicted octanol–water partition coefficient (Wildman–Crippen LogP) is -0.178. The van der Waals surface area contributed by atoms with Crippen LogP contribution >= 0.6 is 11.5 Å². The Balaban J connectivity index is 2.93. The van der Waals surface area contributed by atoms with E-state index in [9.17, 15) is 0 Å². The molecule has 0 radical (unpaired) electrons. The highest BCUT2D eigenvalue weighted by Gasteiger charge is 1.95. The van der Waals surface area contributed by atoms with E-state index in [1.54, 1.807) is 5.38 Å². The van der Waals surface area contributed by atoms with Crippen molar-refractivity contribution in [3.63, 3.8) is 0 Å². The molecular weight excluding hydrogens is 124 g/mol. The highest BCUT2D eigenvalue weighted by Crippen LogP contribution is 1.93. The maximum Gasteiger partial charge on any atom is 0.144 e. The first-order valence-corrected chi connectivity index (χ1v) is 2.76. The van der Waals surface area contributed by atoms with E-state index in [2.05, 4.69) is 9.59 Å². The molecule has 1 rings (SSSR count). The summed E-state index contributed by atoms with van der Waals surface area (Å²) in [6.07, 6.45) is 0. The molecule has 1 heterocycles. The molecule has 0 aliphatic carbocycles. The van der Waals surface area contributed by atoms with Crippen molar-refractivity contribution in [1.82, 2.24) is 9.59 Å². The molecule has 0 saturated carbocycles. The highest BCUT2D eigenvalue weighted by molar-refractivity contribution is 7.03. The average molecular weight is 128 g/mol. The summed E-state index contributed by atoms with van der Waals surface area (Å²) in [4.78, 5) is 0. The number of amidine groups is 1. The smallest absolute Gasteiger partial charge is 0.144 e. The lowest BCUT2D eigenvalue weighted by Crippen LogP contribution is -2.11. The highest BCUT2D eigenvalue weighted by atomic mass is 32.1. The van der Waals surface area contributed by atoms with Crippen LogP contribution in [0.2, 0.25) is 0 Å². The predicted molar refractivity (Wildman–Crippen MR) is 30.9 cm³/mol. The topological polar surface area (TPSA) is 75.7 Å². The van der Waals surface area contributed by atoms with Crippen molar-refractivity contribution in [3.05, 3.63) is 11.1 Å². The van der Waals surface area contributed by atoms with Gasteiger partial charge in [-0.05, 0) is 11.5 Å². The SMILES string of the molecule is N=C(N)c1csnn1. The molecule has 0 bridgehead atoms. The molecule has 8 heavy (non-hydrogen) atoms. The van der Waals surface area contributed by atoms with E-state index in [4.69, 9.17) is 11.1 Å². The summed E-state index contributed by atoms with van der Waals surface area (Å²) in [6.45, 7) is 0. The van der Waals surface area contributed by atoms with E-state index in [-0.39, 0.29) is 5.84 Å². The van der Waals surface area contributed by atoms with Gasteiger partial charge >= 0.3 is 0 Å². The Hall–Kier alpha value is -0.970. The van der Waals surface area contributed by atoms with Gasteiger partial charge in [-0.2, -0.15) is 0 Å². The van der Waals surface area contributed by atoms with Crippen LogP contribution in [0.4, 0.5) is 0 Å². The lowest BCUT2D eigenvalue weighted by molar-refractivity contribution is 1.13. The van der Waals surface area contributed by atoms with Gasteiger partial charge in [-0.15, -0.1) is 5.10 Å². The lowest BCUT2D eigenvalue weighted by Gasteiger charge is -1.81. The fourth-order valence-electron chi connectivity index (χ4n) is 0.282. The zero-order valence-corrected chi connectivity index (χ0v) is 4.77. The molecule has 42 valence electrons. The summed E-state index contributed by atoms with van der Waals surface area (Å²) in [5.41, 5.74) is 5.50. The number of rotatable bonds is 1. The van der Waals surface area contributed by atoms with Crippen molar-refractivity contribution < 1.29 is 0 Å². The molecule has 0 saturated heterocycles. The average Bonchev–Trinajstić information content (AvgIpc) is 2.12. The second-order valence-corrected chi connectivity index (χ2v) is 1.81. The third-order valence-corrected chi connectivity index (χ3v) is 1.14. The molecule has 4 nitrogen and oxygen atoms in total. The van der Waals surface area contributed by atoms with Gasteiger partial charge in [0.2, 0.25) is 0 Å². The van der Waals surface area contributed by atoms with Gasteiger partial charge in [-0.25, -0.2) is 0 Å². The summed E-state index contributed by atoms with van der Waals surface area (Å²) in [7, 11) is 0. The third-order valence-electron chi connectivity index (χ3n) is 0.636. The maximum absolute atomic E-state index is 6.83. The summed E-state index contributed by atoms with van der Waals surface area (Å²) in [6, 6.07) is 0. The summed E-state index contributed by atoms with van der Waals surface area (Å²) < 4.78 is 3.51. The van der Waals surface area contributed by atoms with Crippen molar-refractivity contribution in [1.29, 1.82) is 5.41 Å². The molecule has 0 amide bonds. The maximum atomic E-state index is 6.83. The minimum atomic E-state index is -0.0289. The molecule has 0 aliphatic heterocycles. The van der Waals surface area contributed by atoms with Crippen LogP contribution < -0.4 is 5.73 Å². The fourth-order valence-corrected chi connectivity index (χ4v) is 0.738. The molecule has 1 aromatic rings. The standard InChI is InChI=1S/C3H4N4S/c4-3(5)2-1-8-7-6-2/h1H,(H3,4,5). The Morgan fingerprint density at radius 2 is 2.62 bits per heavy atom. The van der Waals surface area contributed by atoms with Crippen LogP contribution in [0.5, 0.6) is 0 Å². The Morgan fingerprint density at radius 3 is 2.88 bits per heavy atom. The monoisotopic (exact) mass is 128 g/mol. The van der Waals surface area contributed by atoms with E-state index in [1.165, 1.54) is 11.5 Å². The zero-order chi connectivity index (χ0) is 5.98. The van der Waals surface area contributed by atoms with Crippen molar-refractivity contribution in [2.75, 3.05) is 0 Å². The van der Waals surface area contributed by atoms with E-state index in [0.29, 0.717) is 5.69 Å². The van der Waals surface area contributed by atoms with Gasteiger partial charge in [0, 0.05) is 5.38 Å². The summed E-state index contributed by atoms with van der Waals surface area (Å²) in [5.74, 6) is -0.0289. The van der Waals surface area contributed by atoms with Crippen LogP contribution in [0, 0.1) is 5.41 Å². The number of nitrogens with zero attached hydrogens (tertiary/aromatic N) is 2. The summed E-state index contributed by atoms with van der Waals surface area (Å²) in [5, 5.41) is 12.0. The van der Waals surface area contributed by atoms with Crippen molar-refractivity contribution in [2.45, 2.75) is 0 Å². The molecular formula is C3H4N4S. The number of nitrogen functional groups attached to an aromatic ring is 1. The van der Waals surface area contributed by atoms with Gasteiger partial charge in [0.25, 0.3) is 0 Å². The van der Waals surface area contributed by atoms with E-state index in [0.717, 1.165) is 0 Å². The first-order chi connectivity index (χ1) is 3.80. The number of hydrogen-bond donors (Lipinski definition) is 2. The van der Waals surface area contributed by atoms with Crippen molar-refractivity contribution in [3.8, 4) is 0 Å². The number of aromatic nitrogens is 2. The fraction of sp³-hybridized carbons (Fsp3) is 0. The van der Waals surface area contributed by atoms with Crippen LogP contribution in [0.15, 0.2) is 5.38 Å². The lowest BCUT2D eigenvalue weighted by atomic mass is 10.5. The molecule has 1 aromatic heterocycles. The van der Waals surface area contributed by atoms with Crippen molar-refractivity contribution in [2.24, 2.45) is 5.73 Å². The van der Waals surface area contributed by atoms with Gasteiger partial charge in [0.05, 0.1) is 0 Å². The number of nitrogens with one attached hydrogen (secondary N) is 1. The number of nitrogens with two attached hydrogens (primary N) is 1. The van der Waals surface area contributed by atoms with Gasteiger partial charge in [0.15, 0.2) is 0 Å². The quantitative estimate of drug-likeness (QED) is 0.407. The molecule has 5 heteroatoms. The molecule has 0 aliphatic rings. The molecule has 0 aromatic carbocycles.